The molecule has 84 valence electrons. The number of hydrogen-bond donors (Lipinski definition) is 0. The van der Waals surface area contributed by atoms with Crippen molar-refractivity contribution in [1.29, 1.82) is 0 Å². The zero-order chi connectivity index (χ0) is 11.5. The van der Waals surface area contributed by atoms with Crippen LogP contribution >= 0.6 is 27.3 Å². The number of ether oxygens (including phenoxy) is 1. The molecule has 0 radical (unpaired) electrons. The summed E-state index contributed by atoms with van der Waals surface area (Å²) in [5.74, 6) is 0.808. The fourth-order valence-corrected chi connectivity index (χ4v) is 2.62. The van der Waals surface area contributed by atoms with Gasteiger partial charge in [0.15, 0.2) is 0 Å². The van der Waals surface area contributed by atoms with Gasteiger partial charge in [-0.05, 0) is 47.0 Å². The fourth-order valence-electron chi connectivity index (χ4n) is 1.28. The lowest BCUT2D eigenvalue weighted by molar-refractivity contribution is 0.474. The normalized spacial score (nSPS) is 10.4. The number of benzene rings is 1. The number of halogens is 1. The Morgan fingerprint density at radius 1 is 1.44 bits per heavy atom. The molecular weight excluding hydrogens is 286 g/mol. The third kappa shape index (κ3) is 2.62. The first-order valence-corrected chi connectivity index (χ1v) is 6.74. The van der Waals surface area contributed by atoms with Crippen molar-refractivity contribution in [1.82, 2.24) is 4.98 Å². The Morgan fingerprint density at radius 3 is 2.88 bits per heavy atom. The van der Waals surface area contributed by atoms with Crippen LogP contribution in [0.1, 0.15) is 18.2 Å². The molecule has 0 spiro atoms. The number of hydrogen-bond acceptors (Lipinski definition) is 3. The molecule has 2 aromatic rings. The van der Waals surface area contributed by atoms with Crippen LogP contribution in [0.4, 0.5) is 0 Å². The van der Waals surface area contributed by atoms with Gasteiger partial charge in [0.2, 0.25) is 0 Å². The molecule has 16 heavy (non-hydrogen) atoms. The van der Waals surface area contributed by atoms with E-state index in [0.717, 1.165) is 22.3 Å². The smallest absolute Gasteiger partial charge is 0.278 e. The van der Waals surface area contributed by atoms with Gasteiger partial charge in [0.25, 0.3) is 5.19 Å². The molecule has 0 amide bonds. The number of aryl methyl sites for hydroxylation is 2. The van der Waals surface area contributed by atoms with Crippen LogP contribution in [0.2, 0.25) is 0 Å². The molecule has 4 heteroatoms. The van der Waals surface area contributed by atoms with Crippen molar-refractivity contribution in [2.24, 2.45) is 0 Å². The minimum atomic E-state index is 0.696. The van der Waals surface area contributed by atoms with Gasteiger partial charge in [-0.15, -0.1) is 0 Å². The van der Waals surface area contributed by atoms with Gasteiger partial charge >= 0.3 is 0 Å². The van der Waals surface area contributed by atoms with Gasteiger partial charge in [-0.25, -0.2) is 4.98 Å². The van der Waals surface area contributed by atoms with Crippen molar-refractivity contribution in [2.45, 2.75) is 20.3 Å². The Labute approximate surface area is 107 Å². The Balaban J connectivity index is 2.20. The van der Waals surface area contributed by atoms with E-state index in [0.29, 0.717) is 5.19 Å². The molecule has 0 aliphatic heterocycles. The zero-order valence-corrected chi connectivity index (χ0v) is 11.6. The van der Waals surface area contributed by atoms with E-state index in [4.69, 9.17) is 4.74 Å². The van der Waals surface area contributed by atoms with Gasteiger partial charge in [0.1, 0.15) is 5.75 Å². The van der Waals surface area contributed by atoms with E-state index < -0.39 is 0 Å². The molecule has 0 fully saturated rings. The monoisotopic (exact) mass is 297 g/mol. The van der Waals surface area contributed by atoms with E-state index in [9.17, 15) is 0 Å². The molecule has 0 saturated carbocycles. The molecule has 0 aliphatic carbocycles. The predicted octanol–water partition coefficient (Wildman–Crippen LogP) is 4.57. The van der Waals surface area contributed by atoms with Gasteiger partial charge in [0.05, 0.1) is 10.2 Å². The first-order valence-electron chi connectivity index (χ1n) is 5.07. The van der Waals surface area contributed by atoms with Gasteiger partial charge in [-0.1, -0.05) is 24.3 Å². The molecule has 2 rings (SSSR count). The fraction of sp³-hybridized carbons (Fsp3) is 0.250. The van der Waals surface area contributed by atoms with Crippen molar-refractivity contribution < 1.29 is 4.74 Å². The van der Waals surface area contributed by atoms with Crippen LogP contribution in [0, 0.1) is 6.92 Å². The maximum Gasteiger partial charge on any atom is 0.278 e. The van der Waals surface area contributed by atoms with E-state index >= 15 is 0 Å². The standard InChI is InChI=1S/C12H12BrNOS/c1-3-9-7-16-12(14-9)15-11-5-4-8(2)6-10(11)13/h4-7H,3H2,1-2H3. The van der Waals surface area contributed by atoms with E-state index in [1.54, 1.807) is 0 Å². The average Bonchev–Trinajstić information content (AvgIpc) is 2.70. The highest BCUT2D eigenvalue weighted by atomic mass is 79.9. The minimum Gasteiger partial charge on any atom is -0.430 e. The van der Waals surface area contributed by atoms with Crippen molar-refractivity contribution in [2.75, 3.05) is 0 Å². The lowest BCUT2D eigenvalue weighted by Gasteiger charge is -2.04. The van der Waals surface area contributed by atoms with Crippen molar-refractivity contribution >= 4 is 27.3 Å². The zero-order valence-electron chi connectivity index (χ0n) is 9.16. The van der Waals surface area contributed by atoms with Crippen molar-refractivity contribution in [3.8, 4) is 10.9 Å². The topological polar surface area (TPSA) is 22.1 Å². The first kappa shape index (κ1) is 11.6. The number of rotatable bonds is 3. The molecule has 2 nitrogen and oxygen atoms in total. The first-order chi connectivity index (χ1) is 7.69. The Morgan fingerprint density at radius 2 is 2.25 bits per heavy atom. The minimum absolute atomic E-state index is 0.696. The molecule has 0 unspecified atom stereocenters. The molecule has 1 heterocycles. The van der Waals surface area contributed by atoms with Crippen molar-refractivity contribution in [3.63, 3.8) is 0 Å². The Bertz CT molecular complexity index is 496. The van der Waals surface area contributed by atoms with Crippen LogP contribution < -0.4 is 4.74 Å². The molecule has 0 saturated heterocycles. The highest BCUT2D eigenvalue weighted by Gasteiger charge is 2.06. The molecular formula is C12H12BrNOS. The summed E-state index contributed by atoms with van der Waals surface area (Å²) in [7, 11) is 0. The molecule has 1 aromatic carbocycles. The highest BCUT2D eigenvalue weighted by Crippen LogP contribution is 2.31. The summed E-state index contributed by atoms with van der Waals surface area (Å²) >= 11 is 5.01. The Hall–Kier alpha value is -0.870. The van der Waals surface area contributed by atoms with Gasteiger partial charge < -0.3 is 4.74 Å². The maximum absolute atomic E-state index is 5.71. The summed E-state index contributed by atoms with van der Waals surface area (Å²) in [5, 5.41) is 2.72. The van der Waals surface area contributed by atoms with E-state index in [2.05, 4.69) is 27.8 Å². The molecule has 0 N–H and O–H groups in total. The second-order valence-corrected chi connectivity index (χ2v) is 5.17. The van der Waals surface area contributed by atoms with Gasteiger partial charge in [-0.2, -0.15) is 0 Å². The van der Waals surface area contributed by atoms with Crippen LogP contribution in [0.15, 0.2) is 28.1 Å². The third-order valence-electron chi connectivity index (χ3n) is 2.18. The largest absolute Gasteiger partial charge is 0.430 e. The summed E-state index contributed by atoms with van der Waals surface area (Å²) in [4.78, 5) is 4.36. The van der Waals surface area contributed by atoms with Gasteiger partial charge in [0, 0.05) is 5.38 Å². The Kier molecular flexibility index (Phi) is 3.61. The summed E-state index contributed by atoms with van der Waals surface area (Å²) in [6.07, 6.45) is 0.939. The molecule has 0 atom stereocenters. The van der Waals surface area contributed by atoms with Crippen LogP contribution in [0.25, 0.3) is 0 Å². The molecule has 0 bridgehead atoms. The van der Waals surface area contributed by atoms with Crippen LogP contribution in [-0.2, 0) is 6.42 Å². The van der Waals surface area contributed by atoms with Crippen LogP contribution in [0.5, 0.6) is 10.9 Å². The maximum atomic E-state index is 5.71. The van der Waals surface area contributed by atoms with Crippen LogP contribution in [-0.4, -0.2) is 4.98 Å². The summed E-state index contributed by atoms with van der Waals surface area (Å²) in [6.45, 7) is 4.13. The van der Waals surface area contributed by atoms with E-state index in [1.165, 1.54) is 16.9 Å². The highest BCUT2D eigenvalue weighted by molar-refractivity contribution is 9.10. The van der Waals surface area contributed by atoms with E-state index in [-0.39, 0.29) is 0 Å². The average molecular weight is 298 g/mol. The summed E-state index contributed by atoms with van der Waals surface area (Å²) in [6, 6.07) is 6.00. The second kappa shape index (κ2) is 4.97. The van der Waals surface area contributed by atoms with Crippen molar-refractivity contribution in [3.05, 3.63) is 39.3 Å². The lowest BCUT2D eigenvalue weighted by Crippen LogP contribution is -1.86. The third-order valence-corrected chi connectivity index (χ3v) is 3.56. The van der Waals surface area contributed by atoms with E-state index in [1.807, 2.05) is 30.5 Å². The number of aromatic nitrogens is 1. The predicted molar refractivity (Wildman–Crippen MR) is 70.4 cm³/mol. The molecule has 0 aliphatic rings. The number of nitrogens with zero attached hydrogens (tertiary/aromatic N) is 1. The quantitative estimate of drug-likeness (QED) is 0.828. The second-order valence-electron chi connectivity index (χ2n) is 3.49. The lowest BCUT2D eigenvalue weighted by atomic mass is 10.2. The SMILES string of the molecule is CCc1csc(Oc2ccc(C)cc2Br)n1. The van der Waals surface area contributed by atoms with Crippen LogP contribution in [0.3, 0.4) is 0 Å². The summed E-state index contributed by atoms with van der Waals surface area (Å²) in [5.41, 5.74) is 2.27. The summed E-state index contributed by atoms with van der Waals surface area (Å²) < 4.78 is 6.67. The van der Waals surface area contributed by atoms with Gasteiger partial charge in [-0.3, -0.25) is 0 Å². The molecule has 1 aromatic heterocycles. The number of thiazole rings is 1.